The summed E-state index contributed by atoms with van der Waals surface area (Å²) in [6.07, 6.45) is 1.12. The molecule has 1 aliphatic rings. The van der Waals surface area contributed by atoms with Crippen molar-refractivity contribution in [3.63, 3.8) is 0 Å². The minimum Gasteiger partial charge on any atom is -1.00 e. The van der Waals surface area contributed by atoms with Crippen LogP contribution in [-0.2, 0) is 20.4 Å². The van der Waals surface area contributed by atoms with Gasteiger partial charge in [-0.15, -0.1) is 0 Å². The SMILES string of the molecule is CC1=C(C)C(C(c2cc(C)cc(C)c2)c2cc(C)cc(C)c2)=[C]([Ti+3])C1.[Cl-].[Cl-].[Cl-]. The fourth-order valence-electron chi connectivity index (χ4n) is 4.22. The van der Waals surface area contributed by atoms with Crippen LogP contribution in [0.25, 0.3) is 0 Å². The van der Waals surface area contributed by atoms with Crippen molar-refractivity contribution >= 4 is 0 Å². The molecule has 2 aromatic carbocycles. The Hall–Kier alpha value is -0.496. The zero-order chi connectivity index (χ0) is 18.3. The van der Waals surface area contributed by atoms with Crippen molar-refractivity contribution in [3.8, 4) is 0 Å². The number of hydrogen-bond donors (Lipinski definition) is 0. The van der Waals surface area contributed by atoms with Gasteiger partial charge in [0.05, 0.1) is 0 Å². The Labute approximate surface area is 200 Å². The molecular formula is C24H27Cl3Ti. The fraction of sp³-hybridized carbons (Fsp3) is 0.333. The molecule has 0 atom stereocenters. The van der Waals surface area contributed by atoms with Gasteiger partial charge in [0, 0.05) is 0 Å². The topological polar surface area (TPSA) is 0 Å². The summed E-state index contributed by atoms with van der Waals surface area (Å²) in [4.78, 5) is 0. The van der Waals surface area contributed by atoms with E-state index >= 15 is 0 Å². The molecule has 3 rings (SSSR count). The molecular weight excluding hydrogens is 442 g/mol. The molecule has 0 bridgehead atoms. The zero-order valence-corrected chi connectivity index (χ0v) is 21.2. The summed E-state index contributed by atoms with van der Waals surface area (Å²) < 4.78 is 1.53. The Kier molecular flexibility index (Phi) is 10.9. The first kappa shape index (κ1) is 27.5. The summed E-state index contributed by atoms with van der Waals surface area (Å²) in [6.45, 7) is 13.4. The van der Waals surface area contributed by atoms with Crippen LogP contribution in [0.1, 0.15) is 59.6 Å². The van der Waals surface area contributed by atoms with Crippen molar-refractivity contribution < 1.29 is 57.7 Å². The van der Waals surface area contributed by atoms with Crippen LogP contribution in [0.4, 0.5) is 0 Å². The third-order valence-corrected chi connectivity index (χ3v) is 5.95. The second-order valence-corrected chi connectivity index (χ2v) is 8.69. The minimum atomic E-state index is 0. The molecule has 0 heterocycles. The van der Waals surface area contributed by atoms with E-state index in [4.69, 9.17) is 0 Å². The van der Waals surface area contributed by atoms with Crippen molar-refractivity contribution in [1.82, 2.24) is 0 Å². The molecule has 0 radical (unpaired) electrons. The van der Waals surface area contributed by atoms with Gasteiger partial charge in [-0.1, -0.05) is 0 Å². The molecule has 0 amide bonds. The van der Waals surface area contributed by atoms with Crippen LogP contribution < -0.4 is 37.2 Å². The van der Waals surface area contributed by atoms with E-state index in [0.29, 0.717) is 5.92 Å². The van der Waals surface area contributed by atoms with Gasteiger partial charge < -0.3 is 37.2 Å². The minimum absolute atomic E-state index is 0. The van der Waals surface area contributed by atoms with E-state index in [1.165, 1.54) is 54.0 Å². The number of allylic oxidation sites excluding steroid dienone is 4. The largest absolute Gasteiger partial charge is 1.00 e. The summed E-state index contributed by atoms with van der Waals surface area (Å²) in [6, 6.07) is 14.0. The molecule has 0 aromatic heterocycles. The van der Waals surface area contributed by atoms with Gasteiger partial charge in [0.1, 0.15) is 0 Å². The molecule has 0 nitrogen and oxygen atoms in total. The van der Waals surface area contributed by atoms with Gasteiger partial charge in [-0.25, -0.2) is 0 Å². The Balaban J connectivity index is 0.00000243. The van der Waals surface area contributed by atoms with E-state index in [1.807, 2.05) is 0 Å². The van der Waals surface area contributed by atoms with E-state index < -0.39 is 0 Å². The van der Waals surface area contributed by atoms with E-state index in [-0.39, 0.29) is 37.2 Å². The number of benzene rings is 2. The van der Waals surface area contributed by atoms with E-state index in [2.05, 4.69) is 98.4 Å². The zero-order valence-electron chi connectivity index (χ0n) is 17.4. The van der Waals surface area contributed by atoms with Gasteiger partial charge >= 0.3 is 165 Å². The molecule has 28 heavy (non-hydrogen) atoms. The van der Waals surface area contributed by atoms with Crippen LogP contribution >= 0.6 is 0 Å². The van der Waals surface area contributed by atoms with Crippen molar-refractivity contribution in [2.45, 2.75) is 53.9 Å². The molecule has 0 saturated heterocycles. The predicted molar refractivity (Wildman–Crippen MR) is 104 cm³/mol. The van der Waals surface area contributed by atoms with Crippen LogP contribution in [0, 0.1) is 27.7 Å². The maximum atomic E-state index is 2.37. The molecule has 0 fully saturated rings. The first-order valence-corrected chi connectivity index (χ1v) is 9.82. The molecule has 148 valence electrons. The smallest absolute Gasteiger partial charge is 1.00 e. The van der Waals surface area contributed by atoms with Gasteiger partial charge in [0.25, 0.3) is 0 Å². The Bertz CT molecular complexity index is 818. The maximum absolute atomic E-state index is 2.37. The van der Waals surface area contributed by atoms with E-state index in [9.17, 15) is 0 Å². The quantitative estimate of drug-likeness (QED) is 0.440. The predicted octanol–water partition coefficient (Wildman–Crippen LogP) is -2.39. The molecule has 2 aromatic rings. The van der Waals surface area contributed by atoms with E-state index in [0.717, 1.165) is 6.42 Å². The Morgan fingerprint density at radius 2 is 1.00 bits per heavy atom. The average Bonchev–Trinajstić information content (AvgIpc) is 2.72. The summed E-state index contributed by atoms with van der Waals surface area (Å²) in [5.41, 5.74) is 12.8. The first-order chi connectivity index (χ1) is 11.8. The second kappa shape index (κ2) is 11.0. The summed E-state index contributed by atoms with van der Waals surface area (Å²) in [5, 5.41) is 0. The maximum Gasteiger partial charge on any atom is -1.00 e. The third kappa shape index (κ3) is 5.77. The van der Waals surface area contributed by atoms with Crippen molar-refractivity contribution in [2.75, 3.05) is 0 Å². The third-order valence-electron chi connectivity index (χ3n) is 5.25. The van der Waals surface area contributed by atoms with Crippen molar-refractivity contribution in [2.24, 2.45) is 0 Å². The monoisotopic (exact) mass is 468 g/mol. The van der Waals surface area contributed by atoms with Crippen LogP contribution in [0.5, 0.6) is 0 Å². The molecule has 4 heteroatoms. The van der Waals surface area contributed by atoms with Crippen molar-refractivity contribution in [3.05, 3.63) is 90.4 Å². The van der Waals surface area contributed by atoms with Gasteiger partial charge in [0.2, 0.25) is 0 Å². The number of hydrogen-bond acceptors (Lipinski definition) is 0. The molecule has 0 spiro atoms. The summed E-state index contributed by atoms with van der Waals surface area (Å²) >= 11 is 2.31. The van der Waals surface area contributed by atoms with Gasteiger partial charge in [-0.3, -0.25) is 0 Å². The molecule has 0 unspecified atom stereocenters. The van der Waals surface area contributed by atoms with Gasteiger partial charge in [0.15, 0.2) is 0 Å². The van der Waals surface area contributed by atoms with Gasteiger partial charge in [-0.05, 0) is 0 Å². The van der Waals surface area contributed by atoms with Gasteiger partial charge in [-0.2, -0.15) is 0 Å². The van der Waals surface area contributed by atoms with Crippen molar-refractivity contribution in [1.29, 1.82) is 0 Å². The number of halogens is 3. The summed E-state index contributed by atoms with van der Waals surface area (Å²) in [5.74, 6) is 0.328. The Morgan fingerprint density at radius 1 is 0.643 bits per heavy atom. The molecule has 0 saturated carbocycles. The van der Waals surface area contributed by atoms with Crippen LogP contribution in [0.15, 0.2) is 57.0 Å². The number of aryl methyl sites for hydroxylation is 4. The molecule has 0 aliphatic heterocycles. The standard InChI is InChI=1S/C24H27.3ClH.Ti/c1-15-9-16(2)12-21(11-15)24(23-8-7-19(5)20(23)6)22-13-17(3)10-18(4)14-22;;;;/h9-14,24H,7H2,1-6H3;3*1H;/q;;;;+3/p-3. The van der Waals surface area contributed by atoms with Crippen LogP contribution in [-0.4, -0.2) is 0 Å². The number of rotatable bonds is 3. The Morgan fingerprint density at radius 3 is 1.29 bits per heavy atom. The average molecular weight is 470 g/mol. The van der Waals surface area contributed by atoms with Crippen LogP contribution in [0.3, 0.4) is 0 Å². The fourth-order valence-corrected chi connectivity index (χ4v) is 5.15. The second-order valence-electron chi connectivity index (χ2n) is 7.75. The molecule has 1 aliphatic carbocycles. The van der Waals surface area contributed by atoms with E-state index in [1.54, 1.807) is 0 Å². The summed E-state index contributed by atoms with van der Waals surface area (Å²) in [7, 11) is 0. The first-order valence-electron chi connectivity index (χ1n) is 9.04. The van der Waals surface area contributed by atoms with Crippen LogP contribution in [0.2, 0.25) is 0 Å². The molecule has 0 N–H and O–H groups in total. The normalized spacial score (nSPS) is 13.3.